The van der Waals surface area contributed by atoms with Gasteiger partial charge in [0.2, 0.25) is 0 Å². The van der Waals surface area contributed by atoms with Crippen molar-refractivity contribution in [1.82, 2.24) is 9.88 Å². The Bertz CT molecular complexity index is 817. The molecule has 1 aliphatic heterocycles. The van der Waals surface area contributed by atoms with Gasteiger partial charge in [-0.15, -0.1) is 11.3 Å². The number of thiazole rings is 1. The van der Waals surface area contributed by atoms with Crippen LogP contribution in [0.25, 0.3) is 16.8 Å². The maximum absolute atomic E-state index is 9.54. The van der Waals surface area contributed by atoms with Crippen LogP contribution in [0.4, 0.5) is 0 Å². The molecule has 0 saturated carbocycles. The summed E-state index contributed by atoms with van der Waals surface area (Å²) >= 11 is 1.50. The molecule has 0 amide bonds. The van der Waals surface area contributed by atoms with E-state index in [1.165, 1.54) is 16.9 Å². The summed E-state index contributed by atoms with van der Waals surface area (Å²) < 4.78 is 0. The zero-order chi connectivity index (χ0) is 15.5. The largest absolute Gasteiger partial charge is 0.350 e. The van der Waals surface area contributed by atoms with Crippen molar-refractivity contribution in [3.63, 3.8) is 0 Å². The third-order valence-corrected chi connectivity index (χ3v) is 4.35. The molecule has 0 N–H and O–H groups in total. The zero-order valence-electron chi connectivity index (χ0n) is 12.4. The zero-order valence-corrected chi connectivity index (χ0v) is 13.3. The van der Waals surface area contributed by atoms with E-state index in [-0.39, 0.29) is 0 Å². The molecule has 0 saturated heterocycles. The lowest BCUT2D eigenvalue weighted by atomic mass is 10.1. The average Bonchev–Trinajstić information content (AvgIpc) is 3.00. The predicted octanol–water partition coefficient (Wildman–Crippen LogP) is 4.37. The van der Waals surface area contributed by atoms with Crippen LogP contribution in [-0.2, 0) is 0 Å². The van der Waals surface area contributed by atoms with Crippen molar-refractivity contribution >= 4 is 16.9 Å². The van der Waals surface area contributed by atoms with Crippen LogP contribution in [0.1, 0.15) is 10.6 Å². The molecular weight excluding hydrogens is 290 g/mol. The first-order chi connectivity index (χ1) is 10.7. The topological polar surface area (TPSA) is 39.9 Å². The van der Waals surface area contributed by atoms with Crippen molar-refractivity contribution in [2.24, 2.45) is 0 Å². The van der Waals surface area contributed by atoms with Gasteiger partial charge in [-0.3, -0.25) is 0 Å². The number of nitriles is 1. The Kier molecular flexibility index (Phi) is 3.90. The molecule has 3 rings (SSSR count). The molecule has 2 aromatic rings. The van der Waals surface area contributed by atoms with Crippen LogP contribution in [0.15, 0.2) is 59.8 Å². The quantitative estimate of drug-likeness (QED) is 0.774. The second kappa shape index (κ2) is 6.00. The second-order valence-electron chi connectivity index (χ2n) is 5.09. The molecule has 22 heavy (non-hydrogen) atoms. The van der Waals surface area contributed by atoms with E-state index < -0.39 is 0 Å². The van der Waals surface area contributed by atoms with Crippen LogP contribution in [0.3, 0.4) is 0 Å². The van der Waals surface area contributed by atoms with Crippen molar-refractivity contribution in [1.29, 1.82) is 5.26 Å². The summed E-state index contributed by atoms with van der Waals surface area (Å²) in [5.74, 6) is 0. The Balaban J connectivity index is 2.01. The van der Waals surface area contributed by atoms with E-state index in [2.05, 4.69) is 42.2 Å². The Morgan fingerprint density at radius 2 is 2.00 bits per heavy atom. The number of rotatable bonds is 2. The lowest BCUT2D eigenvalue weighted by Gasteiger charge is -2.18. The van der Waals surface area contributed by atoms with Crippen LogP contribution in [0.2, 0.25) is 0 Å². The predicted molar refractivity (Wildman–Crippen MR) is 90.9 cm³/mol. The summed E-state index contributed by atoms with van der Waals surface area (Å²) in [5.41, 5.74) is 4.68. The summed E-state index contributed by atoms with van der Waals surface area (Å²) in [6, 6.07) is 10.5. The minimum Gasteiger partial charge on any atom is -0.350 e. The third-order valence-electron chi connectivity index (χ3n) is 3.49. The molecule has 0 bridgehead atoms. The van der Waals surface area contributed by atoms with Crippen LogP contribution >= 0.6 is 11.3 Å². The van der Waals surface area contributed by atoms with Gasteiger partial charge in [0.05, 0.1) is 11.4 Å². The van der Waals surface area contributed by atoms with Gasteiger partial charge in [-0.25, -0.2) is 4.98 Å². The maximum atomic E-state index is 9.54. The van der Waals surface area contributed by atoms with Gasteiger partial charge in [0, 0.05) is 24.2 Å². The first-order valence-electron chi connectivity index (χ1n) is 6.94. The van der Waals surface area contributed by atoms with Gasteiger partial charge in [-0.05, 0) is 19.1 Å². The average molecular weight is 305 g/mol. The first-order valence-corrected chi connectivity index (χ1v) is 7.82. The van der Waals surface area contributed by atoms with E-state index in [1.54, 1.807) is 0 Å². The maximum Gasteiger partial charge on any atom is 0.136 e. The number of nitrogens with zero attached hydrogens (tertiary/aromatic N) is 3. The van der Waals surface area contributed by atoms with Crippen molar-refractivity contribution < 1.29 is 0 Å². The molecule has 1 aromatic carbocycles. The highest BCUT2D eigenvalue weighted by molar-refractivity contribution is 7.11. The molecule has 2 heterocycles. The van der Waals surface area contributed by atoms with E-state index in [9.17, 15) is 5.26 Å². The summed E-state index contributed by atoms with van der Waals surface area (Å²) in [7, 11) is 1.93. The summed E-state index contributed by atoms with van der Waals surface area (Å²) in [4.78, 5) is 6.58. The van der Waals surface area contributed by atoms with Gasteiger partial charge >= 0.3 is 0 Å². The van der Waals surface area contributed by atoms with Crippen LogP contribution in [0.5, 0.6) is 0 Å². The molecule has 0 aliphatic carbocycles. The van der Waals surface area contributed by atoms with Crippen LogP contribution in [-0.4, -0.2) is 16.9 Å². The minimum atomic E-state index is 0.603. The molecule has 0 atom stereocenters. The fraction of sp³-hybridized carbons (Fsp3) is 0.111. The lowest BCUT2D eigenvalue weighted by molar-refractivity contribution is 0.587. The van der Waals surface area contributed by atoms with E-state index in [1.807, 2.05) is 41.8 Å². The Morgan fingerprint density at radius 3 is 2.68 bits per heavy atom. The van der Waals surface area contributed by atoms with Gasteiger partial charge in [0.1, 0.15) is 16.6 Å². The normalized spacial score (nSPS) is 15.8. The molecule has 1 aliphatic rings. The molecule has 3 nitrogen and oxygen atoms in total. The molecule has 0 unspecified atom stereocenters. The Hall–Kier alpha value is -2.64. The number of likely N-dealkylation sites (N-methyl/N-ethyl adjacent to an activating group) is 1. The van der Waals surface area contributed by atoms with Gasteiger partial charge in [0.25, 0.3) is 0 Å². The van der Waals surface area contributed by atoms with Crippen LogP contribution in [0, 0.1) is 18.3 Å². The molecule has 0 fully saturated rings. The molecular formula is C18H15N3S. The number of allylic oxidation sites excluding steroid dienone is 4. The Labute approximate surface area is 134 Å². The van der Waals surface area contributed by atoms with E-state index in [0.717, 1.165) is 22.0 Å². The Morgan fingerprint density at radius 1 is 1.23 bits per heavy atom. The summed E-state index contributed by atoms with van der Waals surface area (Å²) in [5, 5.41) is 12.3. The fourth-order valence-electron chi connectivity index (χ4n) is 2.24. The number of benzene rings is 1. The SMILES string of the molecule is Cc1ccc(-c2csc(/C(C#N)=C3\C=CC=CN3C)n2)cc1. The van der Waals surface area contributed by atoms with E-state index >= 15 is 0 Å². The fourth-order valence-corrected chi connectivity index (χ4v) is 3.07. The lowest BCUT2D eigenvalue weighted by Crippen LogP contribution is -2.12. The summed E-state index contributed by atoms with van der Waals surface area (Å²) in [6.45, 7) is 2.06. The van der Waals surface area contributed by atoms with E-state index in [0.29, 0.717) is 5.57 Å². The highest BCUT2D eigenvalue weighted by atomic mass is 32.1. The smallest absolute Gasteiger partial charge is 0.136 e. The molecule has 108 valence electrons. The van der Waals surface area contributed by atoms with Gasteiger partial charge in [0.15, 0.2) is 0 Å². The van der Waals surface area contributed by atoms with Crippen molar-refractivity contribution in [2.75, 3.05) is 7.05 Å². The minimum absolute atomic E-state index is 0.603. The molecule has 0 radical (unpaired) electrons. The number of hydrogen-bond donors (Lipinski definition) is 0. The van der Waals surface area contributed by atoms with Crippen molar-refractivity contribution in [2.45, 2.75) is 6.92 Å². The monoisotopic (exact) mass is 305 g/mol. The van der Waals surface area contributed by atoms with Gasteiger partial charge < -0.3 is 4.90 Å². The number of aryl methyl sites for hydroxylation is 1. The van der Waals surface area contributed by atoms with E-state index in [4.69, 9.17) is 0 Å². The van der Waals surface area contributed by atoms with Crippen molar-refractivity contribution in [3.05, 3.63) is 70.3 Å². The number of hydrogen-bond acceptors (Lipinski definition) is 4. The second-order valence-corrected chi connectivity index (χ2v) is 5.95. The van der Waals surface area contributed by atoms with Crippen LogP contribution < -0.4 is 0 Å². The first kappa shape index (κ1) is 14.3. The molecule has 1 aromatic heterocycles. The summed E-state index contributed by atoms with van der Waals surface area (Å²) in [6.07, 6.45) is 7.74. The van der Waals surface area contributed by atoms with Gasteiger partial charge in [-0.2, -0.15) is 5.26 Å². The van der Waals surface area contributed by atoms with Crippen molar-refractivity contribution in [3.8, 4) is 17.3 Å². The highest BCUT2D eigenvalue weighted by Gasteiger charge is 2.15. The number of aromatic nitrogens is 1. The molecule has 0 spiro atoms. The van der Waals surface area contributed by atoms with Gasteiger partial charge in [-0.1, -0.05) is 35.9 Å². The third kappa shape index (κ3) is 2.72. The highest BCUT2D eigenvalue weighted by Crippen LogP contribution is 2.29. The molecule has 4 heteroatoms. The standard InChI is InChI=1S/C18H15N3S/c1-13-6-8-14(9-7-13)16-12-22-18(20-16)15(11-19)17-5-3-4-10-21(17)2/h3-10,12H,1-2H3/b17-15+.